The fraction of sp³-hybridized carbons (Fsp3) is 0.652. The maximum absolute atomic E-state index is 9.51. The molecular formula is C23H28Cl2N2O4. The van der Waals surface area contributed by atoms with Gasteiger partial charge in [-0.05, 0) is 38.0 Å². The fourth-order valence-corrected chi connectivity index (χ4v) is 6.28. The second-order valence-corrected chi connectivity index (χ2v) is 9.96. The van der Waals surface area contributed by atoms with Crippen molar-refractivity contribution in [2.75, 3.05) is 13.2 Å². The Labute approximate surface area is 192 Å². The minimum absolute atomic E-state index is 0.127. The number of hydrogen-bond donors (Lipinski definition) is 1. The number of halogens is 2. The monoisotopic (exact) mass is 466 g/mol. The molecule has 31 heavy (non-hydrogen) atoms. The summed E-state index contributed by atoms with van der Waals surface area (Å²) < 4.78 is 17.2. The summed E-state index contributed by atoms with van der Waals surface area (Å²) in [7, 11) is 0. The van der Waals surface area contributed by atoms with Crippen LogP contribution in [0.4, 0.5) is 0 Å². The van der Waals surface area contributed by atoms with Crippen LogP contribution in [0.3, 0.4) is 0 Å². The highest BCUT2D eigenvalue weighted by Crippen LogP contribution is 2.56. The summed E-state index contributed by atoms with van der Waals surface area (Å²) in [6.07, 6.45) is 10.5. The number of nitrogens with zero attached hydrogens (tertiary/aromatic N) is 2. The SMILES string of the molecule is CC1CC2CCCC1C21OCCO1.OCc1c(-c2c(Cl)cncc2Cl)noc1C1CC1. The summed E-state index contributed by atoms with van der Waals surface area (Å²) in [5.74, 6) is 3.19. The van der Waals surface area contributed by atoms with Gasteiger partial charge in [-0.1, -0.05) is 41.7 Å². The van der Waals surface area contributed by atoms with Gasteiger partial charge in [0, 0.05) is 41.3 Å². The van der Waals surface area contributed by atoms with Gasteiger partial charge in [0.25, 0.3) is 0 Å². The number of hydrogen-bond acceptors (Lipinski definition) is 6. The Morgan fingerprint density at radius 3 is 2.42 bits per heavy atom. The van der Waals surface area contributed by atoms with E-state index < -0.39 is 0 Å². The van der Waals surface area contributed by atoms with Gasteiger partial charge in [0.1, 0.15) is 11.5 Å². The molecule has 1 aliphatic heterocycles. The third kappa shape index (κ3) is 3.80. The van der Waals surface area contributed by atoms with Gasteiger partial charge in [0.15, 0.2) is 5.79 Å². The van der Waals surface area contributed by atoms with E-state index in [-0.39, 0.29) is 12.4 Å². The normalized spacial score (nSPS) is 28.6. The van der Waals surface area contributed by atoms with Crippen molar-refractivity contribution in [1.82, 2.24) is 10.1 Å². The summed E-state index contributed by atoms with van der Waals surface area (Å²) in [4.78, 5) is 3.89. The molecule has 3 heterocycles. The molecule has 6 rings (SSSR count). The zero-order chi connectivity index (χ0) is 21.6. The van der Waals surface area contributed by atoms with E-state index in [0.29, 0.717) is 44.6 Å². The van der Waals surface area contributed by atoms with Crippen LogP contribution in [-0.2, 0) is 16.1 Å². The molecule has 6 nitrogen and oxygen atoms in total. The van der Waals surface area contributed by atoms with Crippen molar-refractivity contribution in [2.45, 2.75) is 63.8 Å². The Balaban J connectivity index is 0.000000138. The average Bonchev–Trinajstić information content (AvgIpc) is 3.33. The van der Waals surface area contributed by atoms with Crippen LogP contribution in [0.1, 0.15) is 62.7 Å². The molecule has 2 bridgehead atoms. The van der Waals surface area contributed by atoms with Gasteiger partial charge in [0.05, 0.1) is 29.9 Å². The van der Waals surface area contributed by atoms with Gasteiger partial charge < -0.3 is 19.1 Å². The Hall–Kier alpha value is -1.18. The number of rotatable bonds is 3. The first-order valence-electron chi connectivity index (χ1n) is 11.2. The second kappa shape index (κ2) is 8.64. The highest BCUT2D eigenvalue weighted by molar-refractivity contribution is 6.38. The maximum atomic E-state index is 9.51. The fourth-order valence-electron chi connectivity index (χ4n) is 5.73. The summed E-state index contributed by atoms with van der Waals surface area (Å²) in [6.45, 7) is 3.86. The predicted molar refractivity (Wildman–Crippen MR) is 117 cm³/mol. The lowest BCUT2D eigenvalue weighted by Crippen LogP contribution is -2.44. The van der Waals surface area contributed by atoms with Crippen LogP contribution in [0.25, 0.3) is 11.3 Å². The lowest BCUT2D eigenvalue weighted by Gasteiger charge is -2.39. The molecule has 1 saturated heterocycles. The number of pyridine rings is 1. The van der Waals surface area contributed by atoms with Gasteiger partial charge in [-0.15, -0.1) is 0 Å². The Morgan fingerprint density at radius 1 is 1.10 bits per heavy atom. The molecule has 2 aromatic heterocycles. The van der Waals surface area contributed by atoms with Crippen LogP contribution in [0.2, 0.25) is 10.0 Å². The van der Waals surface area contributed by atoms with Crippen LogP contribution < -0.4 is 0 Å². The van der Waals surface area contributed by atoms with Crippen LogP contribution >= 0.6 is 23.2 Å². The molecule has 1 spiro atoms. The number of aliphatic hydroxyl groups excluding tert-OH is 1. The van der Waals surface area contributed by atoms with Crippen LogP contribution in [0, 0.1) is 17.8 Å². The molecule has 3 unspecified atom stereocenters. The quantitative estimate of drug-likeness (QED) is 0.634. The second-order valence-electron chi connectivity index (χ2n) is 9.15. The van der Waals surface area contributed by atoms with Gasteiger partial charge in [-0.25, -0.2) is 0 Å². The molecule has 4 aliphatic rings. The first kappa shape index (κ1) is 21.7. The Bertz CT molecular complexity index is 919. The zero-order valence-corrected chi connectivity index (χ0v) is 19.2. The third-order valence-corrected chi connectivity index (χ3v) is 7.82. The molecule has 168 valence electrons. The highest BCUT2D eigenvalue weighted by atomic mass is 35.5. The highest BCUT2D eigenvalue weighted by Gasteiger charge is 2.58. The summed E-state index contributed by atoms with van der Waals surface area (Å²) in [6, 6.07) is 0. The van der Waals surface area contributed by atoms with Gasteiger partial charge >= 0.3 is 0 Å². The van der Waals surface area contributed by atoms with Gasteiger partial charge in [-0.2, -0.15) is 0 Å². The Kier molecular flexibility index (Phi) is 6.03. The molecule has 4 fully saturated rings. The molecule has 2 aromatic rings. The van der Waals surface area contributed by atoms with Crippen molar-refractivity contribution < 1.29 is 19.1 Å². The lowest BCUT2D eigenvalue weighted by molar-refractivity contribution is -0.225. The van der Waals surface area contributed by atoms with Crippen LogP contribution in [-0.4, -0.2) is 34.2 Å². The lowest BCUT2D eigenvalue weighted by atomic mass is 9.81. The molecule has 0 radical (unpaired) electrons. The van der Waals surface area contributed by atoms with Gasteiger partial charge in [-0.3, -0.25) is 4.98 Å². The molecule has 0 amide bonds. The molecule has 3 aliphatic carbocycles. The molecule has 0 aromatic carbocycles. The molecule has 1 N–H and O–H groups in total. The van der Waals surface area contributed by atoms with Gasteiger partial charge in [0.2, 0.25) is 0 Å². The van der Waals surface area contributed by atoms with E-state index in [4.69, 9.17) is 37.2 Å². The third-order valence-electron chi connectivity index (χ3n) is 7.25. The van der Waals surface area contributed by atoms with Crippen LogP contribution in [0.5, 0.6) is 0 Å². The van der Waals surface area contributed by atoms with Crippen molar-refractivity contribution in [3.63, 3.8) is 0 Å². The van der Waals surface area contributed by atoms with E-state index in [1.165, 1.54) is 38.1 Å². The van der Waals surface area contributed by atoms with E-state index >= 15 is 0 Å². The van der Waals surface area contributed by atoms with Crippen molar-refractivity contribution in [1.29, 1.82) is 0 Å². The van der Waals surface area contributed by atoms with Crippen molar-refractivity contribution in [3.05, 3.63) is 33.8 Å². The minimum atomic E-state index is -0.139. The summed E-state index contributed by atoms with van der Waals surface area (Å²) in [5, 5.41) is 14.3. The number of aliphatic hydroxyl groups is 1. The van der Waals surface area contributed by atoms with Crippen LogP contribution in [0.15, 0.2) is 16.9 Å². The largest absolute Gasteiger partial charge is 0.391 e. The van der Waals surface area contributed by atoms with E-state index in [1.54, 1.807) is 0 Å². The molecular weight excluding hydrogens is 439 g/mol. The Morgan fingerprint density at radius 2 is 1.81 bits per heavy atom. The minimum Gasteiger partial charge on any atom is -0.391 e. The maximum Gasteiger partial charge on any atom is 0.174 e. The number of ether oxygens (including phenoxy) is 2. The molecule has 8 heteroatoms. The number of aromatic nitrogens is 2. The average molecular weight is 467 g/mol. The van der Waals surface area contributed by atoms with E-state index in [2.05, 4.69) is 17.1 Å². The topological polar surface area (TPSA) is 77.6 Å². The van der Waals surface area contributed by atoms with Crippen molar-refractivity contribution >= 4 is 23.2 Å². The summed E-state index contributed by atoms with van der Waals surface area (Å²) >= 11 is 12.2. The summed E-state index contributed by atoms with van der Waals surface area (Å²) in [5.41, 5.74) is 1.75. The van der Waals surface area contributed by atoms with E-state index in [9.17, 15) is 5.11 Å². The van der Waals surface area contributed by atoms with Crippen molar-refractivity contribution in [2.24, 2.45) is 17.8 Å². The van der Waals surface area contributed by atoms with E-state index in [1.807, 2.05) is 0 Å². The molecule has 3 atom stereocenters. The van der Waals surface area contributed by atoms with E-state index in [0.717, 1.165) is 37.7 Å². The van der Waals surface area contributed by atoms with Crippen molar-refractivity contribution in [3.8, 4) is 11.3 Å². The first-order valence-corrected chi connectivity index (χ1v) is 12.0. The smallest absolute Gasteiger partial charge is 0.174 e. The predicted octanol–water partition coefficient (Wildman–Crippen LogP) is 5.60. The first-order chi connectivity index (χ1) is 15.0. The zero-order valence-electron chi connectivity index (χ0n) is 17.7. The molecule has 3 saturated carbocycles. The standard InChI is InChI=1S/C12H10Cl2N2O2.C11H18O2/c13-8-3-15-4-9(14)10(8)11-7(5-17)12(18-16-11)6-1-2-6;1-8-7-9-3-2-4-10(8)11(9)12-5-6-13-11/h3-4,6,17H,1-2,5H2;8-10H,2-7H2,1H3.